The molecule has 1 atom stereocenters. The number of hydrogen-bond acceptors (Lipinski definition) is 3. The fourth-order valence-corrected chi connectivity index (χ4v) is 2.72. The van der Waals surface area contributed by atoms with Gasteiger partial charge in [-0.3, -0.25) is 9.69 Å². The molecule has 1 amide bonds. The molecule has 1 heterocycles. The third kappa shape index (κ3) is 3.38. The summed E-state index contributed by atoms with van der Waals surface area (Å²) in [7, 11) is 0. The van der Waals surface area contributed by atoms with E-state index < -0.39 is 0 Å². The van der Waals surface area contributed by atoms with Crippen molar-refractivity contribution in [2.24, 2.45) is 0 Å². The molecule has 0 aliphatic carbocycles. The summed E-state index contributed by atoms with van der Waals surface area (Å²) in [6.07, 6.45) is 0. The molecule has 110 valence electrons. The molecule has 4 nitrogen and oxygen atoms in total. The smallest absolute Gasteiger partial charge is 0.243 e. The zero-order chi connectivity index (χ0) is 14.5. The van der Waals surface area contributed by atoms with Crippen LogP contribution in [0.5, 0.6) is 0 Å². The van der Waals surface area contributed by atoms with E-state index in [4.69, 9.17) is 0 Å². The van der Waals surface area contributed by atoms with Crippen LogP contribution in [0.15, 0.2) is 24.3 Å². The van der Waals surface area contributed by atoms with Gasteiger partial charge in [0.1, 0.15) is 6.04 Å². The molecule has 0 saturated carbocycles. The number of hydrogen-bond donors (Lipinski definition) is 1. The standard InChI is InChI=1S/C16H25N3O/c1-4-18-10-11-19(5-2)15(12-18)16(20)17-14-9-7-6-8-13(14)3/h6-9,15H,4-5,10-12H2,1-3H3,(H,17,20). The molecule has 0 aromatic heterocycles. The van der Waals surface area contributed by atoms with Gasteiger partial charge in [-0.1, -0.05) is 32.0 Å². The highest BCUT2D eigenvalue weighted by atomic mass is 16.2. The van der Waals surface area contributed by atoms with Gasteiger partial charge >= 0.3 is 0 Å². The van der Waals surface area contributed by atoms with Crippen LogP contribution in [-0.4, -0.2) is 54.5 Å². The van der Waals surface area contributed by atoms with Crippen LogP contribution in [0.4, 0.5) is 5.69 Å². The first kappa shape index (κ1) is 15.0. The second-order valence-electron chi connectivity index (χ2n) is 5.34. The molecular formula is C16H25N3O. The summed E-state index contributed by atoms with van der Waals surface area (Å²) in [6.45, 7) is 11.1. The molecule has 2 rings (SSSR count). The Morgan fingerprint density at radius 3 is 2.65 bits per heavy atom. The summed E-state index contributed by atoms with van der Waals surface area (Å²) in [4.78, 5) is 17.2. The van der Waals surface area contributed by atoms with Crippen molar-refractivity contribution in [3.05, 3.63) is 29.8 Å². The van der Waals surface area contributed by atoms with Gasteiger partial charge in [0.25, 0.3) is 0 Å². The highest BCUT2D eigenvalue weighted by Gasteiger charge is 2.30. The van der Waals surface area contributed by atoms with Gasteiger partial charge < -0.3 is 10.2 Å². The number of anilines is 1. The predicted octanol–water partition coefficient (Wildman–Crippen LogP) is 1.96. The summed E-state index contributed by atoms with van der Waals surface area (Å²) in [6, 6.07) is 7.88. The van der Waals surface area contributed by atoms with E-state index in [1.807, 2.05) is 31.2 Å². The molecule has 20 heavy (non-hydrogen) atoms. The normalized spacial score (nSPS) is 20.9. The number of carbonyl (C=O) groups excluding carboxylic acids is 1. The maximum absolute atomic E-state index is 12.6. The van der Waals surface area contributed by atoms with Crippen molar-refractivity contribution in [1.82, 2.24) is 9.80 Å². The minimum absolute atomic E-state index is 0.0479. The maximum Gasteiger partial charge on any atom is 0.243 e. The van der Waals surface area contributed by atoms with E-state index in [1.165, 1.54) is 0 Å². The van der Waals surface area contributed by atoms with Crippen molar-refractivity contribution >= 4 is 11.6 Å². The van der Waals surface area contributed by atoms with Crippen molar-refractivity contribution in [1.29, 1.82) is 0 Å². The lowest BCUT2D eigenvalue weighted by Crippen LogP contribution is -2.57. The predicted molar refractivity (Wildman–Crippen MR) is 83.0 cm³/mol. The van der Waals surface area contributed by atoms with Gasteiger partial charge in [-0.25, -0.2) is 0 Å². The van der Waals surface area contributed by atoms with E-state index in [2.05, 4.69) is 29.0 Å². The van der Waals surface area contributed by atoms with Crippen molar-refractivity contribution in [3.63, 3.8) is 0 Å². The van der Waals surface area contributed by atoms with Crippen molar-refractivity contribution < 1.29 is 4.79 Å². The molecule has 1 aliphatic heterocycles. The van der Waals surface area contributed by atoms with Crippen LogP contribution in [0.2, 0.25) is 0 Å². The van der Waals surface area contributed by atoms with Crippen molar-refractivity contribution in [3.8, 4) is 0 Å². The van der Waals surface area contributed by atoms with Crippen LogP contribution in [-0.2, 0) is 4.79 Å². The Morgan fingerprint density at radius 1 is 1.25 bits per heavy atom. The molecule has 1 aliphatic rings. The van der Waals surface area contributed by atoms with E-state index in [-0.39, 0.29) is 11.9 Å². The Bertz CT molecular complexity index is 461. The number of nitrogens with zero attached hydrogens (tertiary/aromatic N) is 2. The number of amides is 1. The van der Waals surface area contributed by atoms with Gasteiger partial charge in [0.2, 0.25) is 5.91 Å². The van der Waals surface area contributed by atoms with Gasteiger partial charge in [0.15, 0.2) is 0 Å². The largest absolute Gasteiger partial charge is 0.324 e. The molecule has 1 aromatic carbocycles. The van der Waals surface area contributed by atoms with Crippen molar-refractivity contribution in [2.45, 2.75) is 26.8 Å². The van der Waals surface area contributed by atoms with Gasteiger partial charge in [-0.15, -0.1) is 0 Å². The molecule has 0 spiro atoms. The molecule has 1 saturated heterocycles. The lowest BCUT2D eigenvalue weighted by molar-refractivity contribution is -0.123. The van der Waals surface area contributed by atoms with Crippen LogP contribution in [0.1, 0.15) is 19.4 Å². The average molecular weight is 275 g/mol. The highest BCUT2D eigenvalue weighted by Crippen LogP contribution is 2.16. The van der Waals surface area contributed by atoms with E-state index in [0.29, 0.717) is 0 Å². The molecule has 1 unspecified atom stereocenters. The van der Waals surface area contributed by atoms with Crippen LogP contribution in [0.25, 0.3) is 0 Å². The van der Waals surface area contributed by atoms with Gasteiger partial charge in [0.05, 0.1) is 0 Å². The zero-order valence-corrected chi connectivity index (χ0v) is 12.7. The number of carbonyl (C=O) groups is 1. The van der Waals surface area contributed by atoms with E-state index in [9.17, 15) is 4.79 Å². The minimum Gasteiger partial charge on any atom is -0.324 e. The summed E-state index contributed by atoms with van der Waals surface area (Å²) < 4.78 is 0. The van der Waals surface area contributed by atoms with E-state index in [0.717, 1.165) is 44.0 Å². The third-order valence-corrected chi connectivity index (χ3v) is 4.13. The Labute approximate surface area is 121 Å². The van der Waals surface area contributed by atoms with Crippen LogP contribution in [0.3, 0.4) is 0 Å². The first-order valence-corrected chi connectivity index (χ1v) is 7.48. The average Bonchev–Trinajstić information content (AvgIpc) is 2.48. The van der Waals surface area contributed by atoms with Gasteiger partial charge in [-0.05, 0) is 31.6 Å². The Kier molecular flexibility index (Phi) is 5.15. The quantitative estimate of drug-likeness (QED) is 0.912. The lowest BCUT2D eigenvalue weighted by atomic mass is 10.1. The molecule has 0 bridgehead atoms. The Hall–Kier alpha value is -1.39. The van der Waals surface area contributed by atoms with Gasteiger partial charge in [0, 0.05) is 25.3 Å². The number of benzene rings is 1. The molecule has 1 fully saturated rings. The Balaban J connectivity index is 2.07. The zero-order valence-electron chi connectivity index (χ0n) is 12.7. The van der Waals surface area contributed by atoms with Crippen LogP contribution in [0, 0.1) is 6.92 Å². The SMILES string of the molecule is CCN1CCN(CC)C(C(=O)Nc2ccccc2C)C1. The topological polar surface area (TPSA) is 35.6 Å². The fourth-order valence-electron chi connectivity index (χ4n) is 2.72. The highest BCUT2D eigenvalue weighted by molar-refractivity contribution is 5.95. The van der Waals surface area contributed by atoms with E-state index >= 15 is 0 Å². The lowest BCUT2D eigenvalue weighted by Gasteiger charge is -2.39. The Morgan fingerprint density at radius 2 is 2.00 bits per heavy atom. The van der Waals surface area contributed by atoms with E-state index in [1.54, 1.807) is 0 Å². The molecule has 0 radical (unpaired) electrons. The number of aryl methyl sites for hydroxylation is 1. The van der Waals surface area contributed by atoms with Crippen molar-refractivity contribution in [2.75, 3.05) is 38.0 Å². The second kappa shape index (κ2) is 6.86. The number of piperazine rings is 1. The molecule has 1 N–H and O–H groups in total. The van der Waals surface area contributed by atoms with Crippen LogP contribution < -0.4 is 5.32 Å². The maximum atomic E-state index is 12.6. The first-order valence-electron chi connectivity index (χ1n) is 7.48. The molecule has 1 aromatic rings. The number of para-hydroxylation sites is 1. The number of rotatable bonds is 4. The number of nitrogens with one attached hydrogen (secondary N) is 1. The van der Waals surface area contributed by atoms with Crippen LogP contribution >= 0.6 is 0 Å². The third-order valence-electron chi connectivity index (χ3n) is 4.13. The first-order chi connectivity index (χ1) is 9.65. The summed E-state index contributed by atoms with van der Waals surface area (Å²) in [5.41, 5.74) is 2.02. The molecular weight excluding hydrogens is 250 g/mol. The van der Waals surface area contributed by atoms with Gasteiger partial charge in [-0.2, -0.15) is 0 Å². The monoisotopic (exact) mass is 275 g/mol. The second-order valence-corrected chi connectivity index (χ2v) is 5.34. The molecule has 4 heteroatoms. The minimum atomic E-state index is -0.0479. The fraction of sp³-hybridized carbons (Fsp3) is 0.562. The number of likely N-dealkylation sites (N-methyl/N-ethyl adjacent to an activating group) is 2. The summed E-state index contributed by atoms with van der Waals surface area (Å²) in [5.74, 6) is 0.110. The summed E-state index contributed by atoms with van der Waals surface area (Å²) >= 11 is 0. The summed E-state index contributed by atoms with van der Waals surface area (Å²) in [5, 5.41) is 3.08.